The Labute approximate surface area is 164 Å². The molecule has 1 aromatic carbocycles. The molecular weight excluding hydrogens is 366 g/mol. The summed E-state index contributed by atoms with van der Waals surface area (Å²) in [5.41, 5.74) is 6.65. The molecule has 0 bridgehead atoms. The van der Waals surface area contributed by atoms with Crippen LogP contribution in [-0.2, 0) is 20.8 Å². The van der Waals surface area contributed by atoms with Gasteiger partial charge in [-0.05, 0) is 29.9 Å². The van der Waals surface area contributed by atoms with Crippen molar-refractivity contribution in [1.29, 1.82) is 0 Å². The summed E-state index contributed by atoms with van der Waals surface area (Å²) in [6.45, 7) is 3.57. The van der Waals surface area contributed by atoms with Gasteiger partial charge in [0.15, 0.2) is 0 Å². The highest BCUT2D eigenvalue weighted by molar-refractivity contribution is 7.98. The van der Waals surface area contributed by atoms with Gasteiger partial charge in [-0.25, -0.2) is 4.79 Å². The average Bonchev–Trinajstić information content (AvgIpc) is 2.63. The minimum atomic E-state index is -1.13. The van der Waals surface area contributed by atoms with Gasteiger partial charge < -0.3 is 21.5 Å². The lowest BCUT2D eigenvalue weighted by Crippen LogP contribution is -2.56. The zero-order valence-corrected chi connectivity index (χ0v) is 16.8. The molecule has 0 unspecified atom stereocenters. The fraction of sp³-hybridized carbons (Fsp3) is 0.526. The van der Waals surface area contributed by atoms with Crippen LogP contribution in [0, 0.1) is 5.92 Å². The molecule has 0 fully saturated rings. The van der Waals surface area contributed by atoms with Crippen molar-refractivity contribution < 1.29 is 19.5 Å². The SMILES string of the molecule is CSCC[C@H](N)C(=O)N[C@H](C(=O)N[C@@H](Cc1ccccc1)C(=O)O)C(C)C. The summed E-state index contributed by atoms with van der Waals surface area (Å²) in [7, 11) is 0. The Kier molecular flexibility index (Phi) is 9.88. The van der Waals surface area contributed by atoms with Gasteiger partial charge in [0.25, 0.3) is 0 Å². The van der Waals surface area contributed by atoms with Crippen LogP contribution >= 0.6 is 11.8 Å². The van der Waals surface area contributed by atoms with Crippen LogP contribution in [0.2, 0.25) is 0 Å². The van der Waals surface area contributed by atoms with Gasteiger partial charge in [0, 0.05) is 6.42 Å². The lowest BCUT2D eigenvalue weighted by molar-refractivity contribution is -0.142. The molecule has 5 N–H and O–H groups in total. The number of rotatable bonds is 11. The summed E-state index contributed by atoms with van der Waals surface area (Å²) in [5, 5.41) is 14.6. The molecule has 0 aliphatic carbocycles. The quantitative estimate of drug-likeness (QED) is 0.444. The van der Waals surface area contributed by atoms with E-state index in [2.05, 4.69) is 10.6 Å². The van der Waals surface area contributed by atoms with E-state index in [1.807, 2.05) is 24.5 Å². The van der Waals surface area contributed by atoms with Crippen LogP contribution < -0.4 is 16.4 Å². The van der Waals surface area contributed by atoms with E-state index in [4.69, 9.17) is 5.73 Å². The fourth-order valence-electron chi connectivity index (χ4n) is 2.48. The largest absolute Gasteiger partial charge is 0.480 e. The smallest absolute Gasteiger partial charge is 0.326 e. The summed E-state index contributed by atoms with van der Waals surface area (Å²) in [6.07, 6.45) is 2.59. The number of nitrogens with one attached hydrogen (secondary N) is 2. The van der Waals surface area contributed by atoms with Crippen molar-refractivity contribution in [1.82, 2.24) is 10.6 Å². The average molecular weight is 396 g/mol. The molecule has 0 heterocycles. The summed E-state index contributed by atoms with van der Waals surface area (Å²) in [6, 6.07) is 6.42. The number of nitrogens with two attached hydrogens (primary N) is 1. The number of carbonyl (C=O) groups is 3. The molecule has 0 radical (unpaired) electrons. The van der Waals surface area contributed by atoms with E-state index >= 15 is 0 Å². The van der Waals surface area contributed by atoms with E-state index in [0.29, 0.717) is 6.42 Å². The van der Waals surface area contributed by atoms with Crippen molar-refractivity contribution >= 4 is 29.5 Å². The summed E-state index contributed by atoms with van der Waals surface area (Å²) < 4.78 is 0. The van der Waals surface area contributed by atoms with Crippen molar-refractivity contribution in [2.75, 3.05) is 12.0 Å². The van der Waals surface area contributed by atoms with Crippen LogP contribution in [0.4, 0.5) is 0 Å². The first-order valence-corrected chi connectivity index (χ1v) is 10.3. The molecule has 0 spiro atoms. The van der Waals surface area contributed by atoms with Gasteiger partial charge in [0.05, 0.1) is 6.04 Å². The van der Waals surface area contributed by atoms with Gasteiger partial charge in [-0.15, -0.1) is 0 Å². The predicted molar refractivity (Wildman–Crippen MR) is 107 cm³/mol. The van der Waals surface area contributed by atoms with E-state index in [1.54, 1.807) is 37.7 Å². The molecule has 0 aliphatic rings. The molecule has 0 aromatic heterocycles. The van der Waals surface area contributed by atoms with Gasteiger partial charge >= 0.3 is 5.97 Å². The van der Waals surface area contributed by atoms with Crippen molar-refractivity contribution in [3.05, 3.63) is 35.9 Å². The number of aliphatic carboxylic acids is 1. The van der Waals surface area contributed by atoms with E-state index < -0.39 is 35.9 Å². The maximum Gasteiger partial charge on any atom is 0.326 e. The van der Waals surface area contributed by atoms with Crippen molar-refractivity contribution in [2.45, 2.75) is 44.8 Å². The highest BCUT2D eigenvalue weighted by Gasteiger charge is 2.29. The Morgan fingerprint density at radius 1 is 1.11 bits per heavy atom. The highest BCUT2D eigenvalue weighted by Crippen LogP contribution is 2.07. The summed E-state index contributed by atoms with van der Waals surface area (Å²) >= 11 is 1.59. The molecule has 3 atom stereocenters. The number of carboxylic acids is 1. The number of hydrogen-bond acceptors (Lipinski definition) is 5. The first-order valence-electron chi connectivity index (χ1n) is 8.88. The normalized spacial score (nSPS) is 14.3. The van der Waals surface area contributed by atoms with Crippen molar-refractivity contribution in [2.24, 2.45) is 11.7 Å². The Bertz CT molecular complexity index is 625. The lowest BCUT2D eigenvalue weighted by atomic mass is 10.0. The number of carboxylic acid groups (broad SMARTS) is 1. The summed E-state index contributed by atoms with van der Waals surface area (Å²) in [4.78, 5) is 36.4. The van der Waals surface area contributed by atoms with Crippen LogP contribution in [0.15, 0.2) is 30.3 Å². The summed E-state index contributed by atoms with van der Waals surface area (Å²) in [5.74, 6) is -1.54. The molecule has 0 saturated carbocycles. The van der Waals surface area contributed by atoms with Crippen molar-refractivity contribution in [3.63, 3.8) is 0 Å². The topological polar surface area (TPSA) is 122 Å². The van der Waals surface area contributed by atoms with E-state index in [0.717, 1.165) is 11.3 Å². The molecule has 0 saturated heterocycles. The van der Waals surface area contributed by atoms with Crippen LogP contribution in [0.25, 0.3) is 0 Å². The third-order valence-corrected chi connectivity index (χ3v) is 4.76. The molecule has 27 heavy (non-hydrogen) atoms. The first kappa shape index (κ1) is 23.0. The zero-order chi connectivity index (χ0) is 20.4. The highest BCUT2D eigenvalue weighted by atomic mass is 32.2. The molecule has 0 aliphatic heterocycles. The van der Waals surface area contributed by atoms with Gasteiger partial charge in [0.1, 0.15) is 12.1 Å². The van der Waals surface area contributed by atoms with Gasteiger partial charge in [-0.2, -0.15) is 11.8 Å². The van der Waals surface area contributed by atoms with Gasteiger partial charge in [-0.1, -0.05) is 44.2 Å². The second-order valence-electron chi connectivity index (χ2n) is 6.71. The van der Waals surface area contributed by atoms with Gasteiger partial charge in [0.2, 0.25) is 11.8 Å². The molecule has 8 heteroatoms. The van der Waals surface area contributed by atoms with Crippen LogP contribution in [-0.4, -0.2) is 53.0 Å². The standard InChI is InChI=1S/C19H29N3O4S/c1-12(2)16(22-17(23)14(20)9-10-27-3)18(24)21-15(19(25)26)11-13-7-5-4-6-8-13/h4-8,12,14-16H,9-11,20H2,1-3H3,(H,21,24)(H,22,23)(H,25,26)/t14-,15-,16-/m0/s1. The Hall–Kier alpha value is -2.06. The molecule has 7 nitrogen and oxygen atoms in total. The second kappa shape index (κ2) is 11.6. The minimum absolute atomic E-state index is 0.161. The number of benzene rings is 1. The van der Waals surface area contributed by atoms with E-state index in [1.165, 1.54) is 0 Å². The molecule has 2 amide bonds. The van der Waals surface area contributed by atoms with Crippen molar-refractivity contribution in [3.8, 4) is 0 Å². The third kappa shape index (κ3) is 8.01. The van der Waals surface area contributed by atoms with E-state index in [9.17, 15) is 19.5 Å². The number of amides is 2. The first-order chi connectivity index (χ1) is 12.8. The Balaban J connectivity index is 2.77. The van der Waals surface area contributed by atoms with E-state index in [-0.39, 0.29) is 12.3 Å². The fourth-order valence-corrected chi connectivity index (χ4v) is 2.97. The predicted octanol–water partition coefficient (Wildman–Crippen LogP) is 1.02. The third-order valence-electron chi connectivity index (χ3n) is 4.11. The van der Waals surface area contributed by atoms with Crippen LogP contribution in [0.3, 0.4) is 0 Å². The maximum atomic E-state index is 12.6. The molecule has 1 rings (SSSR count). The molecule has 150 valence electrons. The Morgan fingerprint density at radius 3 is 2.26 bits per heavy atom. The number of hydrogen-bond donors (Lipinski definition) is 4. The second-order valence-corrected chi connectivity index (χ2v) is 7.69. The van der Waals surface area contributed by atoms with Crippen LogP contribution in [0.1, 0.15) is 25.8 Å². The van der Waals surface area contributed by atoms with Gasteiger partial charge in [-0.3, -0.25) is 9.59 Å². The number of thioether (sulfide) groups is 1. The minimum Gasteiger partial charge on any atom is -0.480 e. The maximum absolute atomic E-state index is 12.6. The monoisotopic (exact) mass is 395 g/mol. The molecular formula is C19H29N3O4S. The number of carbonyl (C=O) groups excluding carboxylic acids is 2. The van der Waals surface area contributed by atoms with Crippen LogP contribution in [0.5, 0.6) is 0 Å². The lowest BCUT2D eigenvalue weighted by Gasteiger charge is -2.25. The molecule has 1 aromatic rings. The Morgan fingerprint density at radius 2 is 1.74 bits per heavy atom. The zero-order valence-electron chi connectivity index (χ0n) is 16.0.